The van der Waals surface area contributed by atoms with Gasteiger partial charge in [-0.05, 0) is 88.5 Å². The molecule has 1 aromatic carbocycles. The lowest BCUT2D eigenvalue weighted by Crippen LogP contribution is -2.48. The Balaban J connectivity index is 1.36. The molecule has 2 heterocycles. The van der Waals surface area contributed by atoms with E-state index in [1.165, 1.54) is 37.6 Å². The number of halogens is 2. The van der Waals surface area contributed by atoms with E-state index < -0.39 is 17.5 Å². The zero-order valence-corrected chi connectivity index (χ0v) is 22.6. The second-order valence-corrected chi connectivity index (χ2v) is 11.9. The van der Waals surface area contributed by atoms with E-state index in [-0.39, 0.29) is 11.4 Å². The largest absolute Gasteiger partial charge is 0.497 e. The van der Waals surface area contributed by atoms with Crippen molar-refractivity contribution >= 4 is 40.2 Å². The summed E-state index contributed by atoms with van der Waals surface area (Å²) in [7, 11) is 1.56. The van der Waals surface area contributed by atoms with Gasteiger partial charge in [0.25, 0.3) is 0 Å². The Hall–Kier alpha value is -1.61. The van der Waals surface area contributed by atoms with Gasteiger partial charge in [0, 0.05) is 22.4 Å². The van der Waals surface area contributed by atoms with Crippen LogP contribution in [0, 0.1) is 5.41 Å². The molecule has 0 bridgehead atoms. The molecule has 2 fully saturated rings. The van der Waals surface area contributed by atoms with E-state index in [0.717, 1.165) is 31.3 Å². The Morgan fingerprint density at radius 3 is 2.81 bits per heavy atom. The normalized spacial score (nSPS) is 19.4. The molecular weight excluding hydrogens is 501 g/mol. The highest BCUT2D eigenvalue weighted by Gasteiger charge is 2.41. The number of pyridine rings is 1. The number of ether oxygens (including phenoxy) is 1. The number of hydrogen-bond donors (Lipinski definition) is 2. The van der Waals surface area contributed by atoms with Crippen molar-refractivity contribution in [2.24, 2.45) is 5.41 Å². The smallest absolute Gasteiger partial charge is 0.249 e. The van der Waals surface area contributed by atoms with Crippen LogP contribution in [0.2, 0.25) is 5.02 Å². The SMILES string of the molecule is COc1ccc2ncc(Cl)c([C@H](F)CCC3(C(=O)NO)CCN(CCCSC4CCCC4)CC3)c2c1. The van der Waals surface area contributed by atoms with Gasteiger partial charge in [0.05, 0.1) is 23.1 Å². The minimum Gasteiger partial charge on any atom is -0.497 e. The molecule has 2 N–H and O–H groups in total. The summed E-state index contributed by atoms with van der Waals surface area (Å²) < 4.78 is 21.0. The summed E-state index contributed by atoms with van der Waals surface area (Å²) in [5.41, 5.74) is 2.08. The number of alkyl halides is 1. The summed E-state index contributed by atoms with van der Waals surface area (Å²) in [6, 6.07) is 5.31. The van der Waals surface area contributed by atoms with Gasteiger partial charge >= 0.3 is 0 Å². The van der Waals surface area contributed by atoms with Crippen molar-refractivity contribution in [3.8, 4) is 5.75 Å². The minimum absolute atomic E-state index is 0.126. The van der Waals surface area contributed by atoms with Crippen LogP contribution in [0.5, 0.6) is 5.75 Å². The third-order valence-electron chi connectivity index (χ3n) is 7.93. The molecule has 2 aliphatic rings. The predicted octanol–water partition coefficient (Wildman–Crippen LogP) is 6.34. The van der Waals surface area contributed by atoms with E-state index in [4.69, 9.17) is 16.3 Å². The number of carbonyl (C=O) groups is 1. The average Bonchev–Trinajstić information content (AvgIpc) is 3.43. The van der Waals surface area contributed by atoms with Crippen molar-refractivity contribution in [2.45, 2.75) is 69.2 Å². The second kappa shape index (κ2) is 12.8. The Morgan fingerprint density at radius 2 is 2.11 bits per heavy atom. The van der Waals surface area contributed by atoms with Crippen molar-refractivity contribution in [1.82, 2.24) is 15.4 Å². The van der Waals surface area contributed by atoms with Gasteiger partial charge in [0.1, 0.15) is 11.9 Å². The fourth-order valence-corrected chi connectivity index (χ4v) is 7.23. The Labute approximate surface area is 222 Å². The lowest BCUT2D eigenvalue weighted by molar-refractivity contribution is -0.143. The zero-order chi connectivity index (χ0) is 25.5. The molecule has 1 saturated carbocycles. The molecule has 0 spiro atoms. The second-order valence-electron chi connectivity index (χ2n) is 10.1. The van der Waals surface area contributed by atoms with Crippen LogP contribution in [-0.2, 0) is 4.79 Å². The van der Waals surface area contributed by atoms with Crippen LogP contribution in [0.15, 0.2) is 24.4 Å². The number of rotatable bonds is 11. The van der Waals surface area contributed by atoms with Crippen LogP contribution < -0.4 is 10.2 Å². The van der Waals surface area contributed by atoms with Crippen molar-refractivity contribution in [2.75, 3.05) is 32.5 Å². The number of hydroxylamine groups is 1. The lowest BCUT2D eigenvalue weighted by Gasteiger charge is -2.40. The van der Waals surface area contributed by atoms with Crippen LogP contribution >= 0.6 is 23.4 Å². The summed E-state index contributed by atoms with van der Waals surface area (Å²) in [5, 5.41) is 11.2. The fourth-order valence-electron chi connectivity index (χ4n) is 5.67. The van der Waals surface area contributed by atoms with Gasteiger partial charge in [-0.25, -0.2) is 9.87 Å². The van der Waals surface area contributed by atoms with Crippen LogP contribution in [0.3, 0.4) is 0 Å². The third-order valence-corrected chi connectivity index (χ3v) is 9.70. The Kier molecular flexibility index (Phi) is 9.72. The molecule has 4 rings (SSSR count). The molecule has 1 atom stereocenters. The molecule has 1 aliphatic heterocycles. The number of carbonyl (C=O) groups excluding carboxylic acids is 1. The number of piperidine rings is 1. The highest BCUT2D eigenvalue weighted by Crippen LogP contribution is 2.42. The lowest BCUT2D eigenvalue weighted by atomic mass is 9.73. The number of hydrogen-bond acceptors (Lipinski definition) is 6. The highest BCUT2D eigenvalue weighted by molar-refractivity contribution is 7.99. The maximum atomic E-state index is 15.7. The molecule has 1 aromatic heterocycles. The molecule has 36 heavy (non-hydrogen) atoms. The summed E-state index contributed by atoms with van der Waals surface area (Å²) in [6.45, 7) is 2.56. The summed E-state index contributed by atoms with van der Waals surface area (Å²) in [5.74, 6) is 1.36. The number of aromatic nitrogens is 1. The van der Waals surface area contributed by atoms with E-state index in [0.29, 0.717) is 41.5 Å². The van der Waals surface area contributed by atoms with Crippen molar-refractivity contribution in [3.63, 3.8) is 0 Å². The standard InChI is InChI=1S/C27H37ClFN3O3S/c1-35-19-7-8-24-21(17-19)25(22(28)18-30-24)23(29)9-10-27(26(33)31-34)11-14-32(15-12-27)13-4-16-36-20-5-2-3-6-20/h7-8,17-18,20,23,34H,2-6,9-16H2,1H3,(H,31,33)/t23-/m1/s1. The number of amides is 1. The maximum Gasteiger partial charge on any atom is 0.249 e. The van der Waals surface area contributed by atoms with E-state index >= 15 is 4.39 Å². The predicted molar refractivity (Wildman–Crippen MR) is 144 cm³/mol. The molecule has 198 valence electrons. The zero-order valence-electron chi connectivity index (χ0n) is 21.0. The monoisotopic (exact) mass is 537 g/mol. The van der Waals surface area contributed by atoms with Gasteiger partial charge in [-0.2, -0.15) is 11.8 Å². The number of methoxy groups -OCH3 is 1. The van der Waals surface area contributed by atoms with Gasteiger partial charge in [0.2, 0.25) is 5.91 Å². The van der Waals surface area contributed by atoms with Gasteiger partial charge < -0.3 is 9.64 Å². The molecule has 9 heteroatoms. The van der Waals surface area contributed by atoms with E-state index in [1.807, 2.05) is 5.48 Å². The first-order valence-corrected chi connectivity index (χ1v) is 14.4. The van der Waals surface area contributed by atoms with Gasteiger partial charge in [-0.3, -0.25) is 15.0 Å². The quantitative estimate of drug-likeness (QED) is 0.198. The number of benzene rings is 1. The number of fused-ring (bicyclic) bond motifs is 1. The number of thioether (sulfide) groups is 1. The average molecular weight is 538 g/mol. The Morgan fingerprint density at radius 1 is 1.36 bits per heavy atom. The molecule has 1 amide bonds. The van der Waals surface area contributed by atoms with Gasteiger partial charge in [-0.15, -0.1) is 0 Å². The van der Waals surface area contributed by atoms with Crippen LogP contribution in [-0.4, -0.2) is 58.7 Å². The highest BCUT2D eigenvalue weighted by atomic mass is 35.5. The Bertz CT molecular complexity index is 1030. The molecule has 2 aromatic rings. The molecule has 1 aliphatic carbocycles. The van der Waals surface area contributed by atoms with Crippen molar-refractivity contribution < 1.29 is 19.1 Å². The van der Waals surface area contributed by atoms with Crippen LogP contribution in [0.1, 0.15) is 69.5 Å². The van der Waals surface area contributed by atoms with Crippen LogP contribution in [0.4, 0.5) is 4.39 Å². The third kappa shape index (κ3) is 6.44. The topological polar surface area (TPSA) is 74.7 Å². The van der Waals surface area contributed by atoms with Crippen molar-refractivity contribution in [1.29, 1.82) is 0 Å². The summed E-state index contributed by atoms with van der Waals surface area (Å²) in [6.07, 6.45) is 8.35. The van der Waals surface area contributed by atoms with E-state index in [1.54, 1.807) is 25.3 Å². The van der Waals surface area contributed by atoms with Gasteiger partial charge in [-0.1, -0.05) is 24.4 Å². The van der Waals surface area contributed by atoms with E-state index in [9.17, 15) is 10.0 Å². The molecular formula is C27H37ClFN3O3S. The first-order valence-electron chi connectivity index (χ1n) is 13.0. The number of nitrogens with zero attached hydrogens (tertiary/aromatic N) is 2. The first-order chi connectivity index (χ1) is 17.5. The minimum atomic E-state index is -1.37. The molecule has 1 saturated heterocycles. The number of nitrogens with one attached hydrogen (secondary N) is 1. The molecule has 6 nitrogen and oxygen atoms in total. The number of likely N-dealkylation sites (tertiary alicyclic amines) is 1. The van der Waals surface area contributed by atoms with Crippen molar-refractivity contribution in [3.05, 3.63) is 35.0 Å². The van der Waals surface area contributed by atoms with Crippen LogP contribution in [0.25, 0.3) is 10.9 Å². The molecule has 0 unspecified atom stereocenters. The van der Waals surface area contributed by atoms with Gasteiger partial charge in [0.15, 0.2) is 0 Å². The van der Waals surface area contributed by atoms with E-state index in [2.05, 4.69) is 21.6 Å². The summed E-state index contributed by atoms with van der Waals surface area (Å²) in [4.78, 5) is 19.5. The fraction of sp³-hybridized carbons (Fsp3) is 0.630. The molecule has 0 radical (unpaired) electrons. The summed E-state index contributed by atoms with van der Waals surface area (Å²) >= 11 is 8.50. The maximum absolute atomic E-state index is 15.7. The first kappa shape index (κ1) is 27.4.